The first-order valence-electron chi connectivity index (χ1n) is 6.86. The van der Waals surface area contributed by atoms with Crippen LogP contribution in [0, 0.1) is 5.92 Å². The number of nitrogens with two attached hydrogens (primary N) is 1. The largest absolute Gasteiger partial charge is 0.394 e. The van der Waals surface area contributed by atoms with E-state index in [0.29, 0.717) is 13.0 Å². The molecule has 1 rings (SSSR count). The van der Waals surface area contributed by atoms with Crippen molar-refractivity contribution in [1.82, 2.24) is 5.32 Å². The molecule has 0 spiro atoms. The first kappa shape index (κ1) is 15.7. The standard InChI is InChI=1S/C15H24N2O2/c1-2-6-13(10-16)15(19)17-14(11-18)9-12-7-4-3-5-8-12/h3-5,7-8,13-14,18H,2,6,9-11,16H2,1H3,(H,17,19). The molecule has 0 bridgehead atoms. The van der Waals surface area contributed by atoms with Crippen LogP contribution in [-0.2, 0) is 11.2 Å². The molecule has 4 heteroatoms. The van der Waals surface area contributed by atoms with Crippen molar-refractivity contribution in [3.63, 3.8) is 0 Å². The highest BCUT2D eigenvalue weighted by atomic mass is 16.3. The summed E-state index contributed by atoms with van der Waals surface area (Å²) in [6.45, 7) is 2.32. The fraction of sp³-hybridized carbons (Fsp3) is 0.533. The predicted octanol–water partition coefficient (Wildman–Crippen LogP) is 1.08. The van der Waals surface area contributed by atoms with E-state index in [1.165, 1.54) is 0 Å². The van der Waals surface area contributed by atoms with E-state index in [9.17, 15) is 9.90 Å². The van der Waals surface area contributed by atoms with E-state index in [2.05, 4.69) is 5.32 Å². The quantitative estimate of drug-likeness (QED) is 0.657. The van der Waals surface area contributed by atoms with Crippen molar-refractivity contribution in [2.75, 3.05) is 13.2 Å². The van der Waals surface area contributed by atoms with E-state index < -0.39 is 0 Å². The summed E-state index contributed by atoms with van der Waals surface area (Å²) in [5.74, 6) is -0.214. The number of carbonyl (C=O) groups excluding carboxylic acids is 1. The van der Waals surface area contributed by atoms with Crippen LogP contribution in [0.2, 0.25) is 0 Å². The van der Waals surface area contributed by atoms with Gasteiger partial charge >= 0.3 is 0 Å². The third kappa shape index (κ3) is 5.41. The van der Waals surface area contributed by atoms with Crippen LogP contribution in [0.25, 0.3) is 0 Å². The lowest BCUT2D eigenvalue weighted by Gasteiger charge is -2.20. The zero-order valence-electron chi connectivity index (χ0n) is 11.5. The normalized spacial score (nSPS) is 13.8. The Hall–Kier alpha value is -1.39. The number of amides is 1. The first-order chi connectivity index (χ1) is 9.21. The number of hydrogen-bond acceptors (Lipinski definition) is 3. The molecule has 0 saturated heterocycles. The van der Waals surface area contributed by atoms with Gasteiger partial charge in [-0.05, 0) is 18.4 Å². The highest BCUT2D eigenvalue weighted by molar-refractivity contribution is 5.79. The van der Waals surface area contributed by atoms with Crippen LogP contribution in [0.4, 0.5) is 0 Å². The Bertz CT molecular complexity index is 368. The summed E-state index contributed by atoms with van der Waals surface area (Å²) in [4.78, 5) is 12.0. The Morgan fingerprint density at radius 2 is 2.05 bits per heavy atom. The molecule has 0 aliphatic rings. The Morgan fingerprint density at radius 1 is 1.37 bits per heavy atom. The summed E-state index contributed by atoms with van der Waals surface area (Å²) in [6, 6.07) is 9.57. The molecule has 0 saturated carbocycles. The molecule has 2 atom stereocenters. The van der Waals surface area contributed by atoms with Gasteiger partial charge in [-0.3, -0.25) is 4.79 Å². The number of carbonyl (C=O) groups is 1. The van der Waals surface area contributed by atoms with Crippen LogP contribution in [0.1, 0.15) is 25.3 Å². The van der Waals surface area contributed by atoms with Gasteiger partial charge in [-0.25, -0.2) is 0 Å². The van der Waals surface area contributed by atoms with E-state index in [-0.39, 0.29) is 24.5 Å². The molecule has 0 aliphatic heterocycles. The lowest BCUT2D eigenvalue weighted by Crippen LogP contribution is -2.44. The fourth-order valence-corrected chi connectivity index (χ4v) is 2.08. The van der Waals surface area contributed by atoms with Crippen molar-refractivity contribution in [3.05, 3.63) is 35.9 Å². The van der Waals surface area contributed by atoms with Gasteiger partial charge in [0.05, 0.1) is 18.6 Å². The van der Waals surface area contributed by atoms with Gasteiger partial charge in [0.2, 0.25) is 5.91 Å². The van der Waals surface area contributed by atoms with E-state index in [1.54, 1.807) is 0 Å². The summed E-state index contributed by atoms with van der Waals surface area (Å²) >= 11 is 0. The van der Waals surface area contributed by atoms with Crippen molar-refractivity contribution in [1.29, 1.82) is 0 Å². The summed E-state index contributed by atoms with van der Waals surface area (Å²) in [5.41, 5.74) is 6.70. The Balaban J connectivity index is 2.54. The molecule has 0 aromatic heterocycles. The van der Waals surface area contributed by atoms with Crippen LogP contribution < -0.4 is 11.1 Å². The van der Waals surface area contributed by atoms with Crippen LogP contribution in [-0.4, -0.2) is 30.2 Å². The van der Waals surface area contributed by atoms with Crippen LogP contribution in [0.5, 0.6) is 0 Å². The van der Waals surface area contributed by atoms with Crippen molar-refractivity contribution in [2.45, 2.75) is 32.2 Å². The van der Waals surface area contributed by atoms with Crippen molar-refractivity contribution in [2.24, 2.45) is 11.7 Å². The Morgan fingerprint density at radius 3 is 2.58 bits per heavy atom. The molecule has 106 valence electrons. The van der Waals surface area contributed by atoms with Gasteiger partial charge in [-0.2, -0.15) is 0 Å². The number of rotatable bonds is 8. The molecular formula is C15H24N2O2. The predicted molar refractivity (Wildman–Crippen MR) is 76.6 cm³/mol. The second kappa shape index (κ2) is 8.67. The first-order valence-corrected chi connectivity index (χ1v) is 6.86. The summed E-state index contributed by atoms with van der Waals surface area (Å²) in [6.07, 6.45) is 2.34. The van der Waals surface area contributed by atoms with Gasteiger partial charge in [-0.15, -0.1) is 0 Å². The molecule has 1 aromatic carbocycles. The SMILES string of the molecule is CCCC(CN)C(=O)NC(CO)Cc1ccccc1. The lowest BCUT2D eigenvalue weighted by molar-refractivity contribution is -0.125. The number of aliphatic hydroxyl groups is 1. The minimum atomic E-state index is -0.249. The van der Waals surface area contributed by atoms with Crippen molar-refractivity contribution in [3.8, 4) is 0 Å². The highest BCUT2D eigenvalue weighted by Gasteiger charge is 2.19. The summed E-state index contributed by atoms with van der Waals surface area (Å²) < 4.78 is 0. The van der Waals surface area contributed by atoms with E-state index >= 15 is 0 Å². The van der Waals surface area contributed by atoms with Gasteiger partial charge in [0.15, 0.2) is 0 Å². The molecule has 0 fully saturated rings. The minimum Gasteiger partial charge on any atom is -0.394 e. The maximum absolute atomic E-state index is 12.0. The second-order valence-corrected chi connectivity index (χ2v) is 4.80. The Kier molecular flexibility index (Phi) is 7.15. The number of nitrogens with one attached hydrogen (secondary N) is 1. The molecular weight excluding hydrogens is 240 g/mol. The van der Waals surface area contributed by atoms with Crippen LogP contribution in [0.3, 0.4) is 0 Å². The number of aliphatic hydroxyl groups excluding tert-OH is 1. The number of benzene rings is 1. The second-order valence-electron chi connectivity index (χ2n) is 4.80. The van der Waals surface area contributed by atoms with E-state index in [1.807, 2.05) is 37.3 Å². The molecule has 0 heterocycles. The molecule has 2 unspecified atom stereocenters. The maximum Gasteiger partial charge on any atom is 0.224 e. The maximum atomic E-state index is 12.0. The molecule has 4 nitrogen and oxygen atoms in total. The van der Waals surface area contributed by atoms with Crippen molar-refractivity contribution >= 4 is 5.91 Å². The average molecular weight is 264 g/mol. The topological polar surface area (TPSA) is 75.4 Å². The molecule has 0 radical (unpaired) electrons. The summed E-state index contributed by atoms with van der Waals surface area (Å²) in [7, 11) is 0. The van der Waals surface area contributed by atoms with Gasteiger partial charge in [-0.1, -0.05) is 43.7 Å². The van der Waals surface area contributed by atoms with Gasteiger partial charge in [0.25, 0.3) is 0 Å². The van der Waals surface area contributed by atoms with Gasteiger partial charge in [0, 0.05) is 6.54 Å². The molecule has 1 amide bonds. The lowest BCUT2D eigenvalue weighted by atomic mass is 10.0. The zero-order chi connectivity index (χ0) is 14.1. The van der Waals surface area contributed by atoms with Crippen LogP contribution in [0.15, 0.2) is 30.3 Å². The third-order valence-electron chi connectivity index (χ3n) is 3.18. The smallest absolute Gasteiger partial charge is 0.224 e. The van der Waals surface area contributed by atoms with E-state index in [4.69, 9.17) is 5.73 Å². The molecule has 4 N–H and O–H groups in total. The highest BCUT2D eigenvalue weighted by Crippen LogP contribution is 2.07. The zero-order valence-corrected chi connectivity index (χ0v) is 11.5. The van der Waals surface area contributed by atoms with E-state index in [0.717, 1.165) is 18.4 Å². The molecule has 1 aromatic rings. The Labute approximate surface area is 115 Å². The summed E-state index contributed by atoms with van der Waals surface area (Å²) in [5, 5.41) is 12.3. The molecule has 0 aliphatic carbocycles. The third-order valence-corrected chi connectivity index (χ3v) is 3.18. The number of hydrogen-bond donors (Lipinski definition) is 3. The minimum absolute atomic E-state index is 0.0562. The van der Waals surface area contributed by atoms with Crippen LogP contribution >= 0.6 is 0 Å². The van der Waals surface area contributed by atoms with Crippen molar-refractivity contribution < 1.29 is 9.90 Å². The fourth-order valence-electron chi connectivity index (χ4n) is 2.08. The average Bonchev–Trinajstić information content (AvgIpc) is 2.44. The monoisotopic (exact) mass is 264 g/mol. The van der Waals surface area contributed by atoms with Gasteiger partial charge < -0.3 is 16.2 Å². The van der Waals surface area contributed by atoms with Gasteiger partial charge in [0.1, 0.15) is 0 Å². The molecule has 19 heavy (non-hydrogen) atoms.